The molecular formula is C17H26ClN3O2. The lowest BCUT2D eigenvalue weighted by atomic mass is 10.0. The lowest BCUT2D eigenvalue weighted by Gasteiger charge is -2.33. The Labute approximate surface area is 144 Å². The maximum absolute atomic E-state index is 12.6. The molecule has 1 heterocycles. The molecule has 2 amide bonds. The molecule has 5 nitrogen and oxygen atoms in total. The molecule has 2 N–H and O–H groups in total. The molecule has 6 heteroatoms. The number of likely N-dealkylation sites (tertiary alicyclic amines) is 1. The lowest BCUT2D eigenvalue weighted by molar-refractivity contribution is -0.115. The van der Waals surface area contributed by atoms with Gasteiger partial charge in [0.1, 0.15) is 0 Å². The first-order valence-electron chi connectivity index (χ1n) is 7.89. The van der Waals surface area contributed by atoms with Gasteiger partial charge in [-0.05, 0) is 63.9 Å². The topological polar surface area (TPSA) is 61.4 Å². The molecule has 1 atom stereocenters. The van der Waals surface area contributed by atoms with E-state index < -0.39 is 0 Å². The quantitative estimate of drug-likeness (QED) is 0.886. The van der Waals surface area contributed by atoms with Crippen LogP contribution >= 0.6 is 12.4 Å². The summed E-state index contributed by atoms with van der Waals surface area (Å²) in [6.45, 7) is 5.12. The van der Waals surface area contributed by atoms with Gasteiger partial charge in [-0.3, -0.25) is 9.59 Å². The number of likely N-dealkylation sites (N-methyl/N-ethyl adjacent to an activating group) is 1. The molecule has 0 spiro atoms. The third-order valence-corrected chi connectivity index (χ3v) is 4.15. The van der Waals surface area contributed by atoms with Crippen LogP contribution in [0.5, 0.6) is 0 Å². The van der Waals surface area contributed by atoms with Gasteiger partial charge in [-0.25, -0.2) is 0 Å². The zero-order chi connectivity index (χ0) is 16.1. The largest absolute Gasteiger partial charge is 0.336 e. The minimum atomic E-state index is -0.0886. The Bertz CT molecular complexity index is 563. The Morgan fingerprint density at radius 2 is 2.04 bits per heavy atom. The molecule has 0 aromatic heterocycles. The Hall–Kier alpha value is -1.59. The van der Waals surface area contributed by atoms with Crippen molar-refractivity contribution in [3.05, 3.63) is 29.3 Å². The van der Waals surface area contributed by atoms with Crippen molar-refractivity contribution in [2.24, 2.45) is 0 Å². The van der Waals surface area contributed by atoms with Crippen molar-refractivity contribution in [3.63, 3.8) is 0 Å². The SMILES string of the molecule is CNCC(=O)Nc1ccc(C(=O)N2CCCCC2C)cc1C.Cl. The Morgan fingerprint density at radius 3 is 2.65 bits per heavy atom. The molecule has 2 rings (SSSR count). The fourth-order valence-electron chi connectivity index (χ4n) is 2.86. The zero-order valence-corrected chi connectivity index (χ0v) is 14.8. The number of amides is 2. The van der Waals surface area contributed by atoms with Gasteiger partial charge in [-0.1, -0.05) is 0 Å². The number of halogens is 1. The van der Waals surface area contributed by atoms with Crippen LogP contribution in [0, 0.1) is 6.92 Å². The van der Waals surface area contributed by atoms with E-state index in [1.807, 2.05) is 24.0 Å². The zero-order valence-electron chi connectivity index (χ0n) is 14.0. The maximum Gasteiger partial charge on any atom is 0.254 e. The van der Waals surface area contributed by atoms with Gasteiger partial charge >= 0.3 is 0 Å². The number of nitrogens with one attached hydrogen (secondary N) is 2. The molecule has 1 unspecified atom stereocenters. The summed E-state index contributed by atoms with van der Waals surface area (Å²) in [6.07, 6.45) is 3.34. The van der Waals surface area contributed by atoms with Crippen molar-refractivity contribution in [2.45, 2.75) is 39.2 Å². The van der Waals surface area contributed by atoms with E-state index in [-0.39, 0.29) is 30.8 Å². The smallest absolute Gasteiger partial charge is 0.254 e. The molecule has 1 aliphatic rings. The number of aryl methyl sites for hydroxylation is 1. The van der Waals surface area contributed by atoms with Gasteiger partial charge in [0.2, 0.25) is 5.91 Å². The van der Waals surface area contributed by atoms with E-state index >= 15 is 0 Å². The summed E-state index contributed by atoms with van der Waals surface area (Å²) < 4.78 is 0. The van der Waals surface area contributed by atoms with E-state index in [1.54, 1.807) is 13.1 Å². The lowest BCUT2D eigenvalue weighted by Crippen LogP contribution is -2.42. The minimum Gasteiger partial charge on any atom is -0.336 e. The number of anilines is 1. The number of benzene rings is 1. The van der Waals surface area contributed by atoms with Gasteiger partial charge < -0.3 is 15.5 Å². The van der Waals surface area contributed by atoms with Crippen LogP contribution in [-0.2, 0) is 4.79 Å². The van der Waals surface area contributed by atoms with E-state index in [0.717, 1.165) is 30.6 Å². The number of piperidine rings is 1. The monoisotopic (exact) mass is 339 g/mol. The highest BCUT2D eigenvalue weighted by Gasteiger charge is 2.24. The second kappa shape index (κ2) is 8.89. The van der Waals surface area contributed by atoms with Gasteiger partial charge in [0.15, 0.2) is 0 Å². The molecule has 0 aliphatic carbocycles. The molecule has 1 saturated heterocycles. The first-order valence-corrected chi connectivity index (χ1v) is 7.89. The molecular weight excluding hydrogens is 314 g/mol. The normalized spacial score (nSPS) is 17.3. The number of rotatable bonds is 4. The third kappa shape index (κ3) is 4.94. The Kier molecular flexibility index (Phi) is 7.52. The van der Waals surface area contributed by atoms with Gasteiger partial charge in [0.05, 0.1) is 6.54 Å². The number of nitrogens with zero attached hydrogens (tertiary/aromatic N) is 1. The summed E-state index contributed by atoms with van der Waals surface area (Å²) in [5.74, 6) is -0.00210. The molecule has 0 bridgehead atoms. The maximum atomic E-state index is 12.6. The van der Waals surface area contributed by atoms with E-state index in [2.05, 4.69) is 17.6 Å². The van der Waals surface area contributed by atoms with Crippen LogP contribution in [0.3, 0.4) is 0 Å². The fraction of sp³-hybridized carbons (Fsp3) is 0.529. The van der Waals surface area contributed by atoms with Gasteiger partial charge in [0.25, 0.3) is 5.91 Å². The van der Waals surface area contributed by atoms with Crippen molar-refractivity contribution in [1.82, 2.24) is 10.2 Å². The van der Waals surface area contributed by atoms with Crippen LogP contribution in [-0.4, -0.2) is 42.9 Å². The number of hydrogen-bond acceptors (Lipinski definition) is 3. The van der Waals surface area contributed by atoms with Crippen molar-refractivity contribution in [3.8, 4) is 0 Å². The molecule has 1 aromatic carbocycles. The summed E-state index contributed by atoms with van der Waals surface area (Å²) in [7, 11) is 1.73. The van der Waals surface area contributed by atoms with Gasteiger partial charge in [-0.15, -0.1) is 12.4 Å². The second-order valence-electron chi connectivity index (χ2n) is 5.95. The van der Waals surface area contributed by atoms with E-state index in [1.165, 1.54) is 6.42 Å². The first kappa shape index (κ1) is 19.5. The highest BCUT2D eigenvalue weighted by molar-refractivity contribution is 5.97. The summed E-state index contributed by atoms with van der Waals surface area (Å²) in [5.41, 5.74) is 2.35. The number of carbonyl (C=O) groups is 2. The number of carbonyl (C=O) groups excluding carboxylic acids is 2. The molecule has 1 fully saturated rings. The average Bonchev–Trinajstić information content (AvgIpc) is 2.49. The summed E-state index contributed by atoms with van der Waals surface area (Å²) in [6, 6.07) is 5.77. The van der Waals surface area contributed by atoms with Crippen molar-refractivity contribution in [1.29, 1.82) is 0 Å². The van der Waals surface area contributed by atoms with Crippen molar-refractivity contribution >= 4 is 29.9 Å². The molecule has 1 aliphatic heterocycles. The van der Waals surface area contributed by atoms with E-state index in [9.17, 15) is 9.59 Å². The summed E-state index contributed by atoms with van der Waals surface area (Å²) >= 11 is 0. The predicted octanol–water partition coefficient (Wildman–Crippen LogP) is 2.59. The van der Waals surface area contributed by atoms with Gasteiger partial charge in [0, 0.05) is 23.8 Å². The van der Waals surface area contributed by atoms with Crippen molar-refractivity contribution < 1.29 is 9.59 Å². The van der Waals surface area contributed by atoms with Gasteiger partial charge in [-0.2, -0.15) is 0 Å². The summed E-state index contributed by atoms with van der Waals surface area (Å²) in [4.78, 5) is 26.2. The Morgan fingerprint density at radius 1 is 1.30 bits per heavy atom. The average molecular weight is 340 g/mol. The fourth-order valence-corrected chi connectivity index (χ4v) is 2.86. The Balaban J connectivity index is 0.00000264. The highest BCUT2D eigenvalue weighted by atomic mass is 35.5. The van der Waals surface area contributed by atoms with Crippen LogP contribution in [0.25, 0.3) is 0 Å². The summed E-state index contributed by atoms with van der Waals surface area (Å²) in [5, 5.41) is 5.65. The molecule has 23 heavy (non-hydrogen) atoms. The standard InChI is InChI=1S/C17H25N3O2.ClH/c1-12-10-14(7-8-15(12)19-16(21)11-18-3)17(22)20-9-5-4-6-13(20)2;/h7-8,10,13,18H,4-6,9,11H2,1-3H3,(H,19,21);1H. The number of hydrogen-bond donors (Lipinski definition) is 2. The molecule has 128 valence electrons. The molecule has 0 saturated carbocycles. The van der Waals surface area contributed by atoms with Crippen LogP contribution in [0.4, 0.5) is 5.69 Å². The minimum absolute atomic E-state index is 0. The molecule has 0 radical (unpaired) electrons. The van der Waals surface area contributed by atoms with Crippen molar-refractivity contribution in [2.75, 3.05) is 25.5 Å². The van der Waals surface area contributed by atoms with Crippen LogP contribution in [0.2, 0.25) is 0 Å². The van der Waals surface area contributed by atoms with Crippen LogP contribution in [0.15, 0.2) is 18.2 Å². The molecule has 1 aromatic rings. The first-order chi connectivity index (χ1) is 10.5. The second-order valence-corrected chi connectivity index (χ2v) is 5.95. The third-order valence-electron chi connectivity index (χ3n) is 4.15. The predicted molar refractivity (Wildman–Crippen MR) is 95.3 cm³/mol. The van der Waals surface area contributed by atoms with Crippen LogP contribution in [0.1, 0.15) is 42.1 Å². The highest BCUT2D eigenvalue weighted by Crippen LogP contribution is 2.22. The van der Waals surface area contributed by atoms with Crippen LogP contribution < -0.4 is 10.6 Å². The van der Waals surface area contributed by atoms with E-state index in [0.29, 0.717) is 11.6 Å². The van der Waals surface area contributed by atoms with E-state index in [4.69, 9.17) is 0 Å².